The lowest BCUT2D eigenvalue weighted by atomic mass is 10.2. The summed E-state index contributed by atoms with van der Waals surface area (Å²) in [7, 11) is 1.71. The van der Waals surface area contributed by atoms with Crippen LogP contribution in [0.15, 0.2) is 30.3 Å². The molecule has 1 aromatic heterocycles. The number of pyridine rings is 1. The van der Waals surface area contributed by atoms with Crippen LogP contribution in [0.1, 0.15) is 6.92 Å². The summed E-state index contributed by atoms with van der Waals surface area (Å²) in [5, 5.41) is 3.68. The largest absolute Gasteiger partial charge is 0.372 e. The van der Waals surface area contributed by atoms with Crippen molar-refractivity contribution < 1.29 is 4.39 Å². The molecule has 20 heavy (non-hydrogen) atoms. The molecule has 0 radical (unpaired) electrons. The van der Waals surface area contributed by atoms with Gasteiger partial charge in [0.05, 0.1) is 15.7 Å². The summed E-state index contributed by atoms with van der Waals surface area (Å²) in [4.78, 5) is 6.07. The van der Waals surface area contributed by atoms with Crippen molar-refractivity contribution in [1.82, 2.24) is 4.98 Å². The standard InChI is InChI=1S/C14H14Cl2FN3/c1-3-20(12-7-5-4-6-11(12)17)14-10(16)8-9(15)13(18-2)19-14/h4-8H,3H2,1-2H3,(H,18,19). The van der Waals surface area contributed by atoms with E-state index in [2.05, 4.69) is 10.3 Å². The van der Waals surface area contributed by atoms with Crippen LogP contribution in [0.5, 0.6) is 0 Å². The third kappa shape index (κ3) is 2.81. The lowest BCUT2D eigenvalue weighted by Crippen LogP contribution is -2.19. The number of aromatic nitrogens is 1. The molecular formula is C14H14Cl2FN3. The van der Waals surface area contributed by atoms with Gasteiger partial charge in [0.2, 0.25) is 0 Å². The van der Waals surface area contributed by atoms with Crippen LogP contribution in [0, 0.1) is 5.82 Å². The molecule has 2 aromatic rings. The molecule has 0 unspecified atom stereocenters. The van der Waals surface area contributed by atoms with Gasteiger partial charge in [-0.2, -0.15) is 0 Å². The number of nitrogens with one attached hydrogen (secondary N) is 1. The van der Waals surface area contributed by atoms with E-state index in [1.807, 2.05) is 6.92 Å². The molecule has 0 saturated carbocycles. The van der Waals surface area contributed by atoms with Gasteiger partial charge in [-0.3, -0.25) is 0 Å². The molecule has 2 rings (SSSR count). The Morgan fingerprint density at radius 2 is 1.95 bits per heavy atom. The Morgan fingerprint density at radius 1 is 1.25 bits per heavy atom. The van der Waals surface area contributed by atoms with E-state index in [9.17, 15) is 4.39 Å². The first-order chi connectivity index (χ1) is 9.58. The molecular weight excluding hydrogens is 300 g/mol. The van der Waals surface area contributed by atoms with E-state index in [0.717, 1.165) is 0 Å². The Bertz CT molecular complexity index is 619. The summed E-state index contributed by atoms with van der Waals surface area (Å²) >= 11 is 12.2. The van der Waals surface area contributed by atoms with Gasteiger partial charge in [-0.1, -0.05) is 35.3 Å². The minimum Gasteiger partial charge on any atom is -0.372 e. The average Bonchev–Trinajstić information content (AvgIpc) is 2.43. The number of nitrogens with zero attached hydrogens (tertiary/aromatic N) is 2. The van der Waals surface area contributed by atoms with Crippen molar-refractivity contribution in [2.45, 2.75) is 6.92 Å². The fourth-order valence-electron chi connectivity index (χ4n) is 1.93. The van der Waals surface area contributed by atoms with Crippen LogP contribution in [0.4, 0.5) is 21.7 Å². The van der Waals surface area contributed by atoms with Crippen molar-refractivity contribution in [1.29, 1.82) is 0 Å². The molecule has 1 aromatic carbocycles. The van der Waals surface area contributed by atoms with E-state index in [1.54, 1.807) is 36.2 Å². The molecule has 0 aliphatic heterocycles. The van der Waals surface area contributed by atoms with E-state index in [4.69, 9.17) is 23.2 Å². The van der Waals surface area contributed by atoms with Crippen LogP contribution in [0.25, 0.3) is 0 Å². The van der Waals surface area contributed by atoms with Gasteiger partial charge in [-0.25, -0.2) is 9.37 Å². The van der Waals surface area contributed by atoms with Crippen molar-refractivity contribution in [2.24, 2.45) is 0 Å². The van der Waals surface area contributed by atoms with E-state index in [1.165, 1.54) is 6.07 Å². The Morgan fingerprint density at radius 3 is 2.55 bits per heavy atom. The first-order valence-corrected chi connectivity index (χ1v) is 6.90. The maximum absolute atomic E-state index is 14.0. The quantitative estimate of drug-likeness (QED) is 0.884. The SMILES string of the molecule is CCN(c1ccccc1F)c1nc(NC)c(Cl)cc1Cl. The molecule has 0 amide bonds. The van der Waals surface area contributed by atoms with Crippen LogP contribution in [-0.2, 0) is 0 Å². The average molecular weight is 314 g/mol. The highest BCUT2D eigenvalue weighted by Gasteiger charge is 2.18. The Kier molecular flexibility index (Phi) is 4.68. The second kappa shape index (κ2) is 6.29. The summed E-state index contributed by atoms with van der Waals surface area (Å²) in [5.74, 6) is 0.641. The van der Waals surface area contributed by atoms with E-state index in [0.29, 0.717) is 33.9 Å². The summed E-state index contributed by atoms with van der Waals surface area (Å²) in [6.45, 7) is 2.43. The van der Waals surface area contributed by atoms with Crippen LogP contribution < -0.4 is 10.2 Å². The number of rotatable bonds is 4. The van der Waals surface area contributed by atoms with Crippen molar-refractivity contribution >= 4 is 40.5 Å². The lowest BCUT2D eigenvalue weighted by molar-refractivity contribution is 0.625. The van der Waals surface area contributed by atoms with Gasteiger partial charge in [-0.15, -0.1) is 0 Å². The maximum atomic E-state index is 14.0. The van der Waals surface area contributed by atoms with E-state index >= 15 is 0 Å². The zero-order valence-electron chi connectivity index (χ0n) is 11.1. The Balaban J connectivity index is 2.55. The molecule has 1 N–H and O–H groups in total. The first kappa shape index (κ1) is 14.9. The van der Waals surface area contributed by atoms with Gasteiger partial charge in [0.1, 0.15) is 11.6 Å². The molecule has 0 atom stereocenters. The van der Waals surface area contributed by atoms with Crippen LogP contribution in [0.3, 0.4) is 0 Å². The number of hydrogen-bond acceptors (Lipinski definition) is 3. The monoisotopic (exact) mass is 313 g/mol. The normalized spacial score (nSPS) is 10.4. The van der Waals surface area contributed by atoms with Gasteiger partial charge in [0.25, 0.3) is 0 Å². The smallest absolute Gasteiger partial charge is 0.154 e. The second-order valence-electron chi connectivity index (χ2n) is 4.07. The molecule has 0 aliphatic carbocycles. The van der Waals surface area contributed by atoms with Crippen molar-refractivity contribution in [3.8, 4) is 0 Å². The molecule has 1 heterocycles. The number of halogens is 3. The maximum Gasteiger partial charge on any atom is 0.154 e. The number of benzene rings is 1. The van der Waals surface area contributed by atoms with E-state index in [-0.39, 0.29) is 5.82 Å². The molecule has 106 valence electrons. The summed E-state index contributed by atoms with van der Waals surface area (Å²) in [5.41, 5.74) is 0.425. The molecule has 0 fully saturated rings. The fourth-order valence-corrected chi connectivity index (χ4v) is 2.48. The van der Waals surface area contributed by atoms with Gasteiger partial charge in [0.15, 0.2) is 5.82 Å². The summed E-state index contributed by atoms with van der Waals surface area (Å²) in [6.07, 6.45) is 0. The molecule has 0 saturated heterocycles. The second-order valence-corrected chi connectivity index (χ2v) is 4.88. The Hall–Kier alpha value is -1.52. The van der Waals surface area contributed by atoms with Crippen molar-refractivity contribution in [3.63, 3.8) is 0 Å². The lowest BCUT2D eigenvalue weighted by Gasteiger charge is -2.24. The number of anilines is 3. The molecule has 6 heteroatoms. The predicted molar refractivity (Wildman–Crippen MR) is 82.9 cm³/mol. The molecule has 3 nitrogen and oxygen atoms in total. The van der Waals surface area contributed by atoms with Gasteiger partial charge < -0.3 is 10.2 Å². The zero-order valence-corrected chi connectivity index (χ0v) is 12.6. The van der Waals surface area contributed by atoms with Crippen LogP contribution in [0.2, 0.25) is 10.0 Å². The third-order valence-electron chi connectivity index (χ3n) is 2.86. The van der Waals surface area contributed by atoms with Crippen LogP contribution >= 0.6 is 23.2 Å². The highest BCUT2D eigenvalue weighted by Crippen LogP contribution is 2.35. The topological polar surface area (TPSA) is 28.2 Å². The predicted octanol–water partition coefficient (Wildman–Crippen LogP) is 4.73. The summed E-state index contributed by atoms with van der Waals surface area (Å²) in [6, 6.07) is 8.10. The highest BCUT2D eigenvalue weighted by atomic mass is 35.5. The van der Waals surface area contributed by atoms with Gasteiger partial charge in [-0.05, 0) is 25.1 Å². The number of para-hydroxylation sites is 1. The zero-order chi connectivity index (χ0) is 14.7. The first-order valence-electron chi connectivity index (χ1n) is 6.14. The van der Waals surface area contributed by atoms with Crippen LogP contribution in [-0.4, -0.2) is 18.6 Å². The highest BCUT2D eigenvalue weighted by molar-refractivity contribution is 6.37. The van der Waals surface area contributed by atoms with Crippen molar-refractivity contribution in [3.05, 3.63) is 46.2 Å². The Labute approximate surface area is 127 Å². The molecule has 0 bridgehead atoms. The van der Waals surface area contributed by atoms with Crippen molar-refractivity contribution in [2.75, 3.05) is 23.8 Å². The number of hydrogen-bond donors (Lipinski definition) is 1. The fraction of sp³-hybridized carbons (Fsp3) is 0.214. The van der Waals surface area contributed by atoms with Gasteiger partial charge >= 0.3 is 0 Å². The minimum absolute atomic E-state index is 0.326. The van der Waals surface area contributed by atoms with E-state index < -0.39 is 0 Å². The third-order valence-corrected chi connectivity index (χ3v) is 3.43. The van der Waals surface area contributed by atoms with Gasteiger partial charge in [0, 0.05) is 13.6 Å². The molecule has 0 spiro atoms. The minimum atomic E-state index is -0.326. The molecule has 0 aliphatic rings. The summed E-state index contributed by atoms with van der Waals surface area (Å²) < 4.78 is 14.0.